The van der Waals surface area contributed by atoms with Gasteiger partial charge in [-0.15, -0.1) is 0 Å². The second kappa shape index (κ2) is 8.02. The van der Waals surface area contributed by atoms with Crippen LogP contribution in [0.4, 0.5) is 10.1 Å². The number of aromatic nitrogens is 2. The fourth-order valence-electron chi connectivity index (χ4n) is 7.22. The maximum absolute atomic E-state index is 14.4. The van der Waals surface area contributed by atoms with Gasteiger partial charge < -0.3 is 14.2 Å². The minimum absolute atomic E-state index is 0.0122. The number of halogens is 1. The van der Waals surface area contributed by atoms with Gasteiger partial charge in [-0.2, -0.15) is 4.98 Å². The number of carbonyl (C=O) groups excluding carboxylic acids is 1. The quantitative estimate of drug-likeness (QED) is 0.422. The first kappa shape index (κ1) is 24.4. The van der Waals surface area contributed by atoms with Gasteiger partial charge in [0.1, 0.15) is 11.4 Å². The van der Waals surface area contributed by atoms with Crippen molar-refractivity contribution in [3.05, 3.63) is 47.4 Å². The molecule has 0 unspecified atom stereocenters. The normalized spacial score (nSPS) is 33.7. The Morgan fingerprint density at radius 1 is 1.16 bits per heavy atom. The molecular formula is C29H35FN4O3. The Morgan fingerprint density at radius 3 is 2.41 bits per heavy atom. The Labute approximate surface area is 217 Å². The minimum Gasteiger partial charge on any atom is -0.426 e. The number of fused-ring (bicyclic) bond motifs is 3. The number of nitrogens with zero attached hydrogens (tertiary/aromatic N) is 4. The maximum atomic E-state index is 14.4. The highest BCUT2D eigenvalue weighted by Gasteiger charge is 2.73. The van der Waals surface area contributed by atoms with Crippen molar-refractivity contribution in [1.29, 1.82) is 0 Å². The zero-order valence-electron chi connectivity index (χ0n) is 22.0. The van der Waals surface area contributed by atoms with Crippen LogP contribution in [0.5, 0.6) is 5.75 Å². The lowest BCUT2D eigenvalue weighted by molar-refractivity contribution is -0.211. The monoisotopic (exact) mass is 506 g/mol. The lowest BCUT2D eigenvalue weighted by Gasteiger charge is -2.65. The number of anilines is 1. The van der Waals surface area contributed by atoms with Crippen LogP contribution in [0.25, 0.3) is 4.85 Å². The molecule has 0 N–H and O–H groups in total. The number of ether oxygens (including phenoxy) is 1. The van der Waals surface area contributed by atoms with Crippen LogP contribution in [0.3, 0.4) is 0 Å². The van der Waals surface area contributed by atoms with Gasteiger partial charge in [-0.3, -0.25) is 9.64 Å². The Hall–Kier alpha value is -2.95. The molecule has 1 aromatic carbocycles. The van der Waals surface area contributed by atoms with Gasteiger partial charge in [-0.1, -0.05) is 32.0 Å². The van der Waals surface area contributed by atoms with Crippen LogP contribution in [0.15, 0.2) is 28.8 Å². The number of hydrogen-bond donors (Lipinski definition) is 0. The van der Waals surface area contributed by atoms with Gasteiger partial charge in [-0.25, -0.2) is 11.0 Å². The molecule has 1 amide bonds. The summed E-state index contributed by atoms with van der Waals surface area (Å²) in [5.41, 5.74) is -1.13. The largest absolute Gasteiger partial charge is 0.426 e. The smallest absolute Gasteiger partial charge is 0.357 e. The predicted molar refractivity (Wildman–Crippen MR) is 136 cm³/mol. The number of alkyl halides is 1. The third-order valence-corrected chi connectivity index (χ3v) is 9.53. The molecule has 6 fully saturated rings. The molecule has 6 aliphatic carbocycles. The maximum Gasteiger partial charge on any atom is 0.357 e. The first-order chi connectivity index (χ1) is 17.5. The van der Waals surface area contributed by atoms with E-state index in [-0.39, 0.29) is 28.9 Å². The van der Waals surface area contributed by atoms with Crippen molar-refractivity contribution >= 4 is 11.6 Å². The number of amides is 1. The van der Waals surface area contributed by atoms with E-state index in [9.17, 15) is 9.18 Å². The van der Waals surface area contributed by atoms with Gasteiger partial charge in [0.05, 0.1) is 5.41 Å². The van der Waals surface area contributed by atoms with E-state index in [1.165, 1.54) is 0 Å². The number of hydrogen-bond acceptors (Lipinski definition) is 5. The summed E-state index contributed by atoms with van der Waals surface area (Å²) < 4.78 is 25.6. The van der Waals surface area contributed by atoms with Gasteiger partial charge in [0.2, 0.25) is 11.8 Å². The van der Waals surface area contributed by atoms with E-state index in [0.717, 1.165) is 50.0 Å². The van der Waals surface area contributed by atoms with Crippen molar-refractivity contribution in [3.8, 4) is 5.75 Å². The summed E-state index contributed by atoms with van der Waals surface area (Å²) in [6.07, 6.45) is 6.92. The molecule has 2 aromatic rings. The van der Waals surface area contributed by atoms with Crippen molar-refractivity contribution in [1.82, 2.24) is 10.1 Å². The molecule has 0 aliphatic heterocycles. The molecule has 196 valence electrons. The van der Waals surface area contributed by atoms with Crippen molar-refractivity contribution in [2.75, 3.05) is 18.2 Å². The van der Waals surface area contributed by atoms with E-state index in [1.807, 2.05) is 23.1 Å². The average Bonchev–Trinajstić information content (AvgIpc) is 3.37. The Morgan fingerprint density at radius 2 is 1.84 bits per heavy atom. The zero-order chi connectivity index (χ0) is 26.1. The number of carbonyl (C=O) groups is 1. The minimum atomic E-state index is -1.13. The van der Waals surface area contributed by atoms with Crippen LogP contribution in [-0.2, 0) is 15.6 Å². The molecule has 0 saturated heterocycles. The van der Waals surface area contributed by atoms with Crippen LogP contribution in [-0.4, -0.2) is 35.0 Å². The predicted octanol–water partition coefficient (Wildman–Crippen LogP) is 6.14. The molecule has 6 saturated carbocycles. The summed E-state index contributed by atoms with van der Waals surface area (Å²) >= 11 is 0. The highest BCUT2D eigenvalue weighted by atomic mass is 19.1. The molecule has 1 aromatic heterocycles. The van der Waals surface area contributed by atoms with Gasteiger partial charge >= 0.3 is 6.73 Å². The summed E-state index contributed by atoms with van der Waals surface area (Å²) in [7, 11) is 0. The van der Waals surface area contributed by atoms with Crippen molar-refractivity contribution in [3.63, 3.8) is 0 Å². The third-order valence-electron chi connectivity index (χ3n) is 9.53. The Kier molecular flexibility index (Phi) is 5.29. The third kappa shape index (κ3) is 3.93. The lowest BCUT2D eigenvalue weighted by atomic mass is 9.41. The van der Waals surface area contributed by atoms with Gasteiger partial charge in [0, 0.05) is 29.1 Å². The average molecular weight is 507 g/mol. The second-order valence-electron chi connectivity index (χ2n) is 13.2. The van der Waals surface area contributed by atoms with Crippen LogP contribution in [0, 0.1) is 17.4 Å². The Balaban J connectivity index is 1.24. The first-order valence-corrected chi connectivity index (χ1v) is 13.4. The van der Waals surface area contributed by atoms with Gasteiger partial charge in [-0.05, 0) is 75.3 Å². The summed E-state index contributed by atoms with van der Waals surface area (Å²) in [6, 6.07) is 7.44. The van der Waals surface area contributed by atoms with E-state index >= 15 is 0 Å². The molecule has 0 atom stereocenters. The van der Waals surface area contributed by atoms with E-state index in [2.05, 4.69) is 30.8 Å². The highest BCUT2D eigenvalue weighted by molar-refractivity contribution is 6.00. The van der Waals surface area contributed by atoms with Crippen molar-refractivity contribution in [2.24, 2.45) is 10.8 Å². The summed E-state index contributed by atoms with van der Waals surface area (Å²) in [4.78, 5) is 23.9. The summed E-state index contributed by atoms with van der Waals surface area (Å²) in [6.45, 7) is 13.8. The van der Waals surface area contributed by atoms with Gasteiger partial charge in [0.15, 0.2) is 5.82 Å². The summed E-state index contributed by atoms with van der Waals surface area (Å²) in [5.74, 6) is 2.13. The fourth-order valence-corrected chi connectivity index (χ4v) is 7.22. The molecule has 7 nitrogen and oxygen atoms in total. The van der Waals surface area contributed by atoms with Crippen LogP contribution in [0.2, 0.25) is 0 Å². The molecule has 0 spiro atoms. The van der Waals surface area contributed by atoms with E-state index in [0.29, 0.717) is 37.4 Å². The van der Waals surface area contributed by atoms with Crippen molar-refractivity contribution in [2.45, 2.75) is 95.1 Å². The van der Waals surface area contributed by atoms with Crippen LogP contribution >= 0.6 is 0 Å². The Bertz CT molecular complexity index is 1230. The van der Waals surface area contributed by atoms with Crippen LogP contribution < -0.4 is 9.64 Å². The topological polar surface area (TPSA) is 72.8 Å². The molecule has 37 heavy (non-hydrogen) atoms. The van der Waals surface area contributed by atoms with Crippen molar-refractivity contribution < 1.29 is 18.4 Å². The fraction of sp³-hybridized carbons (Fsp3) is 0.655. The van der Waals surface area contributed by atoms with Crippen LogP contribution in [0.1, 0.15) is 90.3 Å². The molecule has 4 bridgehead atoms. The SMILES string of the molecule is [C-]#[N+]COc1cccc(N(CC23CCC(c4noc(C(C)(C)C)n4)(CC2)CC3)C(=O)C23CC(F)(C2)C3)c1. The lowest BCUT2D eigenvalue weighted by Crippen LogP contribution is -2.71. The number of rotatable bonds is 7. The molecule has 1 heterocycles. The number of benzene rings is 1. The molecule has 6 aliphatic rings. The molecular weight excluding hydrogens is 471 g/mol. The van der Waals surface area contributed by atoms with Gasteiger partial charge in [0.25, 0.3) is 0 Å². The van der Waals surface area contributed by atoms with E-state index < -0.39 is 11.1 Å². The zero-order valence-corrected chi connectivity index (χ0v) is 22.0. The molecule has 8 rings (SSSR count). The summed E-state index contributed by atoms with van der Waals surface area (Å²) in [5, 5.41) is 4.41. The molecule has 0 radical (unpaired) electrons. The standard InChI is InChI=1S/C29H35FN4O3/c1-25(2,3)23-32-22(33-37-23)27-11-8-26(9-12-27,10-13-27)18-34(24(35)28-15-29(30,16-28)17-28)20-6-5-7-21(14-20)36-19-31-4/h5-7,14H,8-13,15-19H2,1-3H3. The van der Waals surface area contributed by atoms with E-state index in [4.69, 9.17) is 20.8 Å². The second-order valence-corrected chi connectivity index (χ2v) is 13.2. The van der Waals surface area contributed by atoms with E-state index in [1.54, 1.807) is 6.07 Å². The highest BCUT2D eigenvalue weighted by Crippen LogP contribution is 2.70. The molecule has 8 heteroatoms. The first-order valence-electron chi connectivity index (χ1n) is 13.4.